The Morgan fingerprint density at radius 2 is 1.85 bits per heavy atom. The topological polar surface area (TPSA) is 63.4 Å². The zero-order chi connectivity index (χ0) is 15.7. The van der Waals surface area contributed by atoms with Crippen molar-refractivity contribution in [3.8, 4) is 0 Å². The van der Waals surface area contributed by atoms with E-state index in [2.05, 4.69) is 0 Å². The maximum absolute atomic E-state index is 12.7. The van der Waals surface area contributed by atoms with Crippen molar-refractivity contribution >= 4 is 21.6 Å². The van der Waals surface area contributed by atoms with Crippen molar-refractivity contribution in [1.82, 2.24) is 4.31 Å². The van der Waals surface area contributed by atoms with Crippen LogP contribution in [0.4, 0.5) is 0 Å². The monoisotopic (exact) mass is 318 g/mol. The highest BCUT2D eigenvalue weighted by molar-refractivity contribution is 7.89. The van der Waals surface area contributed by atoms with E-state index in [4.69, 9.17) is 17.3 Å². The highest BCUT2D eigenvalue weighted by Crippen LogP contribution is 2.28. The van der Waals surface area contributed by atoms with E-state index >= 15 is 0 Å². The molecular formula is C14H23ClN2O2S. The lowest BCUT2D eigenvalue weighted by molar-refractivity contribution is 0.315. The summed E-state index contributed by atoms with van der Waals surface area (Å²) in [6.07, 6.45) is 0. The lowest BCUT2D eigenvalue weighted by atomic mass is 10.1. The molecule has 2 N–H and O–H groups in total. The molecule has 0 aliphatic heterocycles. The summed E-state index contributed by atoms with van der Waals surface area (Å²) >= 11 is 6.02. The fourth-order valence-corrected chi connectivity index (χ4v) is 4.07. The van der Waals surface area contributed by atoms with Gasteiger partial charge in [0.15, 0.2) is 0 Å². The van der Waals surface area contributed by atoms with Crippen LogP contribution in [0.25, 0.3) is 0 Å². The van der Waals surface area contributed by atoms with Gasteiger partial charge in [-0.2, -0.15) is 4.31 Å². The Morgan fingerprint density at radius 1 is 1.30 bits per heavy atom. The van der Waals surface area contributed by atoms with Gasteiger partial charge in [-0.25, -0.2) is 8.42 Å². The number of benzene rings is 1. The third-order valence-corrected chi connectivity index (χ3v) is 6.14. The van der Waals surface area contributed by atoms with Gasteiger partial charge in [0.2, 0.25) is 10.0 Å². The average Bonchev–Trinajstić information content (AvgIpc) is 2.38. The molecule has 0 amide bonds. The molecule has 1 atom stereocenters. The summed E-state index contributed by atoms with van der Waals surface area (Å²) in [5.41, 5.74) is 7.07. The largest absolute Gasteiger partial charge is 0.326 e. The number of sulfonamides is 1. The van der Waals surface area contributed by atoms with Crippen LogP contribution in [0.3, 0.4) is 0 Å². The van der Waals surface area contributed by atoms with E-state index < -0.39 is 10.0 Å². The molecular weight excluding hydrogens is 296 g/mol. The zero-order valence-electron chi connectivity index (χ0n) is 12.6. The second kappa shape index (κ2) is 6.43. The van der Waals surface area contributed by atoms with Gasteiger partial charge in [0, 0.05) is 24.7 Å². The van der Waals surface area contributed by atoms with Gasteiger partial charge in [0.25, 0.3) is 0 Å². The van der Waals surface area contributed by atoms with E-state index in [1.54, 1.807) is 20.0 Å². The molecule has 1 rings (SSSR count). The van der Waals surface area contributed by atoms with Crippen molar-refractivity contribution in [1.29, 1.82) is 0 Å². The molecule has 1 unspecified atom stereocenters. The molecule has 114 valence electrons. The summed E-state index contributed by atoms with van der Waals surface area (Å²) in [5.74, 6) is 0.225. The molecule has 0 aromatic heterocycles. The minimum absolute atomic E-state index is 0.0975. The van der Waals surface area contributed by atoms with Crippen molar-refractivity contribution in [3.63, 3.8) is 0 Å². The second-order valence-corrected chi connectivity index (χ2v) is 7.80. The molecule has 0 aliphatic rings. The smallest absolute Gasteiger partial charge is 0.243 e. The molecule has 0 radical (unpaired) electrons. The maximum atomic E-state index is 12.7. The molecule has 20 heavy (non-hydrogen) atoms. The number of nitrogens with zero attached hydrogens (tertiary/aromatic N) is 1. The zero-order valence-corrected chi connectivity index (χ0v) is 14.2. The Labute approximate surface area is 127 Å². The maximum Gasteiger partial charge on any atom is 0.243 e. The molecule has 0 spiro atoms. The van der Waals surface area contributed by atoms with E-state index in [1.165, 1.54) is 10.4 Å². The molecule has 0 saturated heterocycles. The van der Waals surface area contributed by atoms with E-state index in [0.29, 0.717) is 10.6 Å². The van der Waals surface area contributed by atoms with E-state index in [9.17, 15) is 8.42 Å². The van der Waals surface area contributed by atoms with Gasteiger partial charge >= 0.3 is 0 Å². The predicted molar refractivity (Wildman–Crippen MR) is 83.3 cm³/mol. The van der Waals surface area contributed by atoms with E-state index in [-0.39, 0.29) is 23.4 Å². The number of nitrogens with two attached hydrogens (primary N) is 1. The van der Waals surface area contributed by atoms with Crippen LogP contribution >= 0.6 is 11.6 Å². The molecule has 1 aromatic carbocycles. The first-order valence-corrected chi connectivity index (χ1v) is 8.41. The minimum Gasteiger partial charge on any atom is -0.326 e. The lowest BCUT2D eigenvalue weighted by Gasteiger charge is -2.28. The molecule has 0 heterocycles. The molecule has 4 nitrogen and oxygen atoms in total. The van der Waals surface area contributed by atoms with Crippen LogP contribution in [0, 0.1) is 12.8 Å². The fourth-order valence-electron chi connectivity index (χ4n) is 1.98. The average molecular weight is 319 g/mol. The van der Waals surface area contributed by atoms with E-state index in [0.717, 1.165) is 5.56 Å². The number of rotatable bonds is 5. The number of hydrogen-bond acceptors (Lipinski definition) is 3. The highest BCUT2D eigenvalue weighted by atomic mass is 35.5. The van der Waals surface area contributed by atoms with Crippen molar-refractivity contribution in [2.45, 2.75) is 45.2 Å². The van der Waals surface area contributed by atoms with Crippen LogP contribution in [0.15, 0.2) is 17.0 Å². The minimum atomic E-state index is -3.58. The quantitative estimate of drug-likeness (QED) is 0.908. The second-order valence-electron chi connectivity index (χ2n) is 5.40. The van der Waals surface area contributed by atoms with Crippen LogP contribution in [0.5, 0.6) is 0 Å². The van der Waals surface area contributed by atoms with Gasteiger partial charge in [-0.05, 0) is 43.0 Å². The normalized spacial score (nSPS) is 14.1. The van der Waals surface area contributed by atoms with Crippen molar-refractivity contribution in [2.24, 2.45) is 11.7 Å². The van der Waals surface area contributed by atoms with Gasteiger partial charge in [0.05, 0.1) is 4.90 Å². The summed E-state index contributed by atoms with van der Waals surface area (Å²) in [5, 5.41) is 0.389. The number of hydrogen-bond donors (Lipinski definition) is 1. The highest BCUT2D eigenvalue weighted by Gasteiger charge is 2.29. The molecule has 0 saturated carbocycles. The van der Waals surface area contributed by atoms with Crippen LogP contribution in [0.2, 0.25) is 5.02 Å². The number of halogens is 1. The fraction of sp³-hybridized carbons (Fsp3) is 0.571. The Hall–Kier alpha value is -0.620. The standard InChI is InChI=1S/C14H23ClN2O2S/c1-9(2)11(4)17(5)20(18,19)14-7-13(15)6-12(8-16)10(14)3/h6-7,9,11H,8,16H2,1-5H3. The van der Waals surface area contributed by atoms with Crippen molar-refractivity contribution in [2.75, 3.05) is 7.05 Å². The molecule has 6 heteroatoms. The van der Waals surface area contributed by atoms with Crippen LogP contribution in [0.1, 0.15) is 31.9 Å². The Bertz CT molecular complexity index is 585. The van der Waals surface area contributed by atoms with Gasteiger partial charge in [0.1, 0.15) is 0 Å². The Balaban J connectivity index is 3.39. The molecule has 1 aromatic rings. The summed E-state index contributed by atoms with van der Waals surface area (Å²) in [4.78, 5) is 0.237. The summed E-state index contributed by atoms with van der Waals surface area (Å²) in [7, 11) is -1.98. The molecule has 0 aliphatic carbocycles. The van der Waals surface area contributed by atoms with Gasteiger partial charge < -0.3 is 5.73 Å². The van der Waals surface area contributed by atoms with Crippen molar-refractivity contribution < 1.29 is 8.42 Å². The van der Waals surface area contributed by atoms with Gasteiger partial charge in [-0.3, -0.25) is 0 Å². The Kier molecular flexibility index (Phi) is 5.61. The summed E-state index contributed by atoms with van der Waals surface area (Å²) < 4.78 is 26.9. The predicted octanol–water partition coefficient (Wildman–Crippen LogP) is 2.77. The van der Waals surface area contributed by atoms with E-state index in [1.807, 2.05) is 20.8 Å². The van der Waals surface area contributed by atoms with Crippen LogP contribution in [-0.4, -0.2) is 25.8 Å². The SMILES string of the molecule is Cc1c(CN)cc(Cl)cc1S(=O)(=O)N(C)C(C)C(C)C. The molecule has 0 fully saturated rings. The van der Waals surface area contributed by atoms with Crippen LogP contribution in [-0.2, 0) is 16.6 Å². The first kappa shape index (κ1) is 17.4. The summed E-state index contributed by atoms with van der Waals surface area (Å²) in [6, 6.07) is 3.11. The van der Waals surface area contributed by atoms with Crippen LogP contribution < -0.4 is 5.73 Å². The summed E-state index contributed by atoms with van der Waals surface area (Å²) in [6.45, 7) is 7.91. The Morgan fingerprint density at radius 3 is 2.30 bits per heavy atom. The first-order chi connectivity index (χ1) is 9.12. The first-order valence-electron chi connectivity index (χ1n) is 6.60. The van der Waals surface area contributed by atoms with Crippen molar-refractivity contribution in [3.05, 3.63) is 28.3 Å². The van der Waals surface area contributed by atoms with Gasteiger partial charge in [-0.15, -0.1) is 0 Å². The van der Waals surface area contributed by atoms with Gasteiger partial charge in [-0.1, -0.05) is 25.4 Å². The molecule has 0 bridgehead atoms. The lowest BCUT2D eigenvalue weighted by Crippen LogP contribution is -2.38. The third kappa shape index (κ3) is 3.34. The third-order valence-electron chi connectivity index (χ3n) is 3.85.